The van der Waals surface area contributed by atoms with Gasteiger partial charge in [0.05, 0.1) is 25.8 Å². The van der Waals surface area contributed by atoms with Crippen molar-refractivity contribution in [1.29, 1.82) is 0 Å². The minimum Gasteiger partial charge on any atom is -0.469 e. The molecular formula is C14H20N2O5. The van der Waals surface area contributed by atoms with E-state index in [1.54, 1.807) is 0 Å². The Balaban J connectivity index is 2.09. The van der Waals surface area contributed by atoms with Crippen molar-refractivity contribution in [3.8, 4) is 0 Å². The smallest absolute Gasteiger partial charge is 0.323 e. The van der Waals surface area contributed by atoms with Crippen LogP contribution in [-0.4, -0.2) is 48.8 Å². The van der Waals surface area contributed by atoms with Crippen molar-refractivity contribution in [3.63, 3.8) is 0 Å². The Labute approximate surface area is 123 Å². The third-order valence-electron chi connectivity index (χ3n) is 3.76. The lowest BCUT2D eigenvalue weighted by Gasteiger charge is -2.36. The van der Waals surface area contributed by atoms with Gasteiger partial charge in [-0.15, -0.1) is 0 Å². The molecule has 1 aliphatic heterocycles. The number of nitrogens with zero attached hydrogens (tertiary/aromatic N) is 2. The number of carbonyl (C=O) groups excluding carboxylic acids is 2. The zero-order chi connectivity index (χ0) is 15.4. The summed E-state index contributed by atoms with van der Waals surface area (Å²) < 4.78 is 14.7. The maximum Gasteiger partial charge on any atom is 0.323 e. The number of hydrogen-bond donors (Lipinski definition) is 0. The molecular weight excluding hydrogens is 276 g/mol. The van der Waals surface area contributed by atoms with E-state index < -0.39 is 6.04 Å². The van der Waals surface area contributed by atoms with Crippen LogP contribution in [0.2, 0.25) is 0 Å². The molecule has 1 aromatic heterocycles. The summed E-state index contributed by atoms with van der Waals surface area (Å²) in [7, 11) is 2.71. The fraction of sp³-hybridized carbons (Fsp3) is 0.643. The van der Waals surface area contributed by atoms with Crippen molar-refractivity contribution in [2.75, 3.05) is 20.8 Å². The first-order valence-corrected chi connectivity index (χ1v) is 6.87. The second-order valence-corrected chi connectivity index (χ2v) is 5.18. The van der Waals surface area contributed by atoms with Gasteiger partial charge in [0.2, 0.25) is 0 Å². The normalized spacial score (nSPS) is 22.8. The lowest BCUT2D eigenvalue weighted by molar-refractivity contribution is -0.154. The second kappa shape index (κ2) is 6.71. The fourth-order valence-electron chi connectivity index (χ4n) is 2.67. The van der Waals surface area contributed by atoms with Crippen LogP contribution in [0.3, 0.4) is 0 Å². The number of methoxy groups -OCH3 is 2. The van der Waals surface area contributed by atoms with Crippen molar-refractivity contribution in [2.45, 2.75) is 32.4 Å². The van der Waals surface area contributed by atoms with Crippen LogP contribution in [0.25, 0.3) is 0 Å². The SMILES string of the molecule is COC(=O)[C@@H]1CCN(Cc2cc(C)on2)[C@H](C(=O)OC)C1. The summed E-state index contributed by atoms with van der Waals surface area (Å²) in [6.45, 7) is 2.91. The molecule has 1 saturated heterocycles. The minimum atomic E-state index is -0.468. The highest BCUT2D eigenvalue weighted by Gasteiger charge is 2.37. The third kappa shape index (κ3) is 3.60. The Morgan fingerprint density at radius 2 is 2.10 bits per heavy atom. The molecule has 2 rings (SSSR count). The Kier molecular flexibility index (Phi) is 4.95. The molecule has 0 radical (unpaired) electrons. The molecule has 1 fully saturated rings. The molecule has 7 nitrogen and oxygen atoms in total. The number of aromatic nitrogens is 1. The molecule has 2 atom stereocenters. The summed E-state index contributed by atoms with van der Waals surface area (Å²) in [4.78, 5) is 25.6. The first kappa shape index (κ1) is 15.5. The average Bonchev–Trinajstić information content (AvgIpc) is 2.91. The monoisotopic (exact) mass is 296 g/mol. The minimum absolute atomic E-state index is 0.269. The molecule has 0 N–H and O–H groups in total. The molecule has 1 aliphatic rings. The van der Waals surface area contributed by atoms with E-state index in [0.717, 1.165) is 11.5 Å². The Hall–Kier alpha value is -1.89. The van der Waals surface area contributed by atoms with Crippen molar-refractivity contribution in [2.24, 2.45) is 5.92 Å². The molecule has 0 saturated carbocycles. The van der Waals surface area contributed by atoms with Crippen LogP contribution in [0.1, 0.15) is 24.3 Å². The van der Waals surface area contributed by atoms with Gasteiger partial charge < -0.3 is 14.0 Å². The lowest BCUT2D eigenvalue weighted by Crippen LogP contribution is -2.48. The highest BCUT2D eigenvalue weighted by atomic mass is 16.5. The van der Waals surface area contributed by atoms with Gasteiger partial charge in [0.1, 0.15) is 11.8 Å². The number of esters is 2. The van der Waals surface area contributed by atoms with Gasteiger partial charge in [0.15, 0.2) is 0 Å². The highest BCUT2D eigenvalue weighted by molar-refractivity contribution is 5.78. The van der Waals surface area contributed by atoms with Gasteiger partial charge in [-0.25, -0.2) is 0 Å². The molecule has 1 aromatic rings. The van der Waals surface area contributed by atoms with Crippen LogP contribution < -0.4 is 0 Å². The van der Waals surface area contributed by atoms with Gasteiger partial charge in [-0.1, -0.05) is 5.16 Å². The molecule has 0 aliphatic carbocycles. The van der Waals surface area contributed by atoms with Gasteiger partial charge in [0.25, 0.3) is 0 Å². The first-order valence-electron chi connectivity index (χ1n) is 6.87. The zero-order valence-corrected chi connectivity index (χ0v) is 12.5. The summed E-state index contributed by atoms with van der Waals surface area (Å²) in [5.41, 5.74) is 0.762. The van der Waals surface area contributed by atoms with E-state index in [9.17, 15) is 9.59 Å². The van der Waals surface area contributed by atoms with E-state index in [4.69, 9.17) is 14.0 Å². The van der Waals surface area contributed by atoms with Crippen LogP contribution in [0.5, 0.6) is 0 Å². The third-order valence-corrected chi connectivity index (χ3v) is 3.76. The van der Waals surface area contributed by atoms with E-state index in [-0.39, 0.29) is 17.9 Å². The predicted molar refractivity (Wildman–Crippen MR) is 72.2 cm³/mol. The molecule has 2 heterocycles. The number of piperidine rings is 1. The van der Waals surface area contributed by atoms with Gasteiger partial charge in [0, 0.05) is 19.2 Å². The van der Waals surface area contributed by atoms with E-state index in [0.29, 0.717) is 25.9 Å². The summed E-state index contributed by atoms with van der Waals surface area (Å²) >= 11 is 0. The number of rotatable bonds is 4. The number of aryl methyl sites for hydroxylation is 1. The Morgan fingerprint density at radius 3 is 2.67 bits per heavy atom. The summed E-state index contributed by atoms with van der Waals surface area (Å²) in [5, 5.41) is 3.94. The molecule has 116 valence electrons. The summed E-state index contributed by atoms with van der Waals surface area (Å²) in [5.74, 6) is -0.164. The molecule has 21 heavy (non-hydrogen) atoms. The van der Waals surface area contributed by atoms with E-state index in [1.165, 1.54) is 14.2 Å². The fourth-order valence-corrected chi connectivity index (χ4v) is 2.67. The van der Waals surface area contributed by atoms with Crippen molar-refractivity contribution in [1.82, 2.24) is 10.1 Å². The number of likely N-dealkylation sites (tertiary alicyclic amines) is 1. The maximum absolute atomic E-state index is 12.0. The summed E-state index contributed by atoms with van der Waals surface area (Å²) in [6.07, 6.45) is 1.05. The molecule has 0 spiro atoms. The first-order chi connectivity index (χ1) is 10.0. The van der Waals surface area contributed by atoms with Crippen molar-refractivity contribution < 1.29 is 23.6 Å². The maximum atomic E-state index is 12.0. The van der Waals surface area contributed by atoms with Gasteiger partial charge in [-0.3, -0.25) is 14.5 Å². The van der Waals surface area contributed by atoms with E-state index >= 15 is 0 Å². The lowest BCUT2D eigenvalue weighted by atomic mass is 9.90. The van der Waals surface area contributed by atoms with E-state index in [2.05, 4.69) is 5.16 Å². The standard InChI is InChI=1S/C14H20N2O5/c1-9-6-11(15-21-9)8-16-5-4-10(13(17)19-2)7-12(16)14(18)20-3/h6,10,12H,4-5,7-8H2,1-3H3/t10-,12+/m1/s1. The second-order valence-electron chi connectivity index (χ2n) is 5.18. The van der Waals surface area contributed by atoms with Gasteiger partial charge in [-0.05, 0) is 19.8 Å². The van der Waals surface area contributed by atoms with Crippen molar-refractivity contribution in [3.05, 3.63) is 17.5 Å². The number of ether oxygens (including phenoxy) is 2. The molecule has 0 aromatic carbocycles. The quantitative estimate of drug-likeness (QED) is 0.764. The number of carbonyl (C=O) groups is 2. The number of hydrogen-bond acceptors (Lipinski definition) is 7. The van der Waals surface area contributed by atoms with Crippen LogP contribution in [-0.2, 0) is 25.6 Å². The zero-order valence-electron chi connectivity index (χ0n) is 12.5. The van der Waals surface area contributed by atoms with Crippen LogP contribution in [0.4, 0.5) is 0 Å². The topological polar surface area (TPSA) is 81.9 Å². The Morgan fingerprint density at radius 1 is 1.38 bits per heavy atom. The van der Waals surface area contributed by atoms with Crippen LogP contribution in [0, 0.1) is 12.8 Å². The van der Waals surface area contributed by atoms with Gasteiger partial charge in [-0.2, -0.15) is 0 Å². The van der Waals surface area contributed by atoms with Crippen LogP contribution in [0.15, 0.2) is 10.6 Å². The largest absolute Gasteiger partial charge is 0.469 e. The molecule has 0 unspecified atom stereocenters. The summed E-state index contributed by atoms with van der Waals surface area (Å²) in [6, 6.07) is 1.37. The molecule has 7 heteroatoms. The van der Waals surface area contributed by atoms with Gasteiger partial charge >= 0.3 is 11.9 Å². The van der Waals surface area contributed by atoms with Crippen LogP contribution >= 0.6 is 0 Å². The predicted octanol–water partition coefficient (Wildman–Crippen LogP) is 0.910. The highest BCUT2D eigenvalue weighted by Crippen LogP contribution is 2.26. The van der Waals surface area contributed by atoms with E-state index in [1.807, 2.05) is 17.9 Å². The Bertz CT molecular complexity index is 513. The molecule has 0 amide bonds. The molecule has 0 bridgehead atoms. The van der Waals surface area contributed by atoms with Crippen molar-refractivity contribution >= 4 is 11.9 Å². The average molecular weight is 296 g/mol.